The SMILES string of the molecule is COC(=O)c1ccc(C(=O)NNC(=O)c2cccc(C)c2)cc1. The van der Waals surface area contributed by atoms with E-state index in [0.717, 1.165) is 5.56 Å². The van der Waals surface area contributed by atoms with Gasteiger partial charge in [-0.25, -0.2) is 4.79 Å². The molecule has 0 aliphatic carbocycles. The van der Waals surface area contributed by atoms with Crippen LogP contribution in [0.2, 0.25) is 0 Å². The fourth-order valence-electron chi connectivity index (χ4n) is 1.92. The number of methoxy groups -OCH3 is 1. The molecule has 0 atom stereocenters. The molecule has 2 aromatic rings. The van der Waals surface area contributed by atoms with E-state index in [1.807, 2.05) is 13.0 Å². The van der Waals surface area contributed by atoms with E-state index in [4.69, 9.17) is 0 Å². The molecule has 0 aliphatic heterocycles. The number of amides is 2. The molecule has 0 bridgehead atoms. The molecule has 2 rings (SSSR count). The zero-order valence-corrected chi connectivity index (χ0v) is 12.8. The third kappa shape index (κ3) is 4.16. The van der Waals surface area contributed by atoms with E-state index >= 15 is 0 Å². The van der Waals surface area contributed by atoms with Gasteiger partial charge < -0.3 is 4.74 Å². The van der Waals surface area contributed by atoms with E-state index in [9.17, 15) is 14.4 Å². The van der Waals surface area contributed by atoms with E-state index in [1.165, 1.54) is 31.4 Å². The Morgan fingerprint density at radius 2 is 1.39 bits per heavy atom. The second-order valence-electron chi connectivity index (χ2n) is 4.85. The molecule has 23 heavy (non-hydrogen) atoms. The number of hydrogen-bond donors (Lipinski definition) is 2. The van der Waals surface area contributed by atoms with Gasteiger partial charge >= 0.3 is 5.97 Å². The van der Waals surface area contributed by atoms with Crippen LogP contribution < -0.4 is 10.9 Å². The standard InChI is InChI=1S/C17H16N2O4/c1-11-4-3-5-14(10-11)16(21)19-18-15(20)12-6-8-13(9-7-12)17(22)23-2/h3-10H,1-2H3,(H,18,20)(H,19,21). The quantitative estimate of drug-likeness (QED) is 0.669. The minimum atomic E-state index is -0.484. The van der Waals surface area contributed by atoms with Crippen LogP contribution in [0.5, 0.6) is 0 Å². The van der Waals surface area contributed by atoms with E-state index in [-0.39, 0.29) is 0 Å². The Hall–Kier alpha value is -3.15. The Morgan fingerprint density at radius 1 is 0.826 bits per heavy atom. The fraction of sp³-hybridized carbons (Fsp3) is 0.118. The van der Waals surface area contributed by atoms with Crippen LogP contribution in [0, 0.1) is 6.92 Å². The molecule has 0 saturated carbocycles. The van der Waals surface area contributed by atoms with Crippen molar-refractivity contribution < 1.29 is 19.1 Å². The number of carbonyl (C=O) groups excluding carboxylic acids is 3. The molecule has 0 aliphatic rings. The van der Waals surface area contributed by atoms with E-state index in [1.54, 1.807) is 18.2 Å². The van der Waals surface area contributed by atoms with Crippen LogP contribution in [-0.2, 0) is 4.74 Å². The predicted molar refractivity (Wildman–Crippen MR) is 83.9 cm³/mol. The molecule has 2 aromatic carbocycles. The highest BCUT2D eigenvalue weighted by Crippen LogP contribution is 2.06. The topological polar surface area (TPSA) is 84.5 Å². The molecule has 0 spiro atoms. The molecular formula is C17H16N2O4. The molecule has 0 fully saturated rings. The van der Waals surface area contributed by atoms with Gasteiger partial charge in [0.25, 0.3) is 11.8 Å². The monoisotopic (exact) mass is 312 g/mol. The maximum Gasteiger partial charge on any atom is 0.337 e. The van der Waals surface area contributed by atoms with E-state index in [2.05, 4.69) is 15.6 Å². The molecule has 118 valence electrons. The van der Waals surface area contributed by atoms with Crippen molar-refractivity contribution in [1.82, 2.24) is 10.9 Å². The van der Waals surface area contributed by atoms with Crippen LogP contribution in [0.1, 0.15) is 36.6 Å². The van der Waals surface area contributed by atoms with Gasteiger partial charge in [-0.15, -0.1) is 0 Å². The van der Waals surface area contributed by atoms with Crippen molar-refractivity contribution >= 4 is 17.8 Å². The molecular weight excluding hydrogens is 296 g/mol. The second-order valence-corrected chi connectivity index (χ2v) is 4.85. The molecule has 6 nitrogen and oxygen atoms in total. The number of rotatable bonds is 3. The van der Waals surface area contributed by atoms with Crippen molar-refractivity contribution in [2.75, 3.05) is 7.11 Å². The molecule has 0 unspecified atom stereocenters. The summed E-state index contributed by atoms with van der Waals surface area (Å²) in [5.74, 6) is -1.37. The van der Waals surface area contributed by atoms with E-state index < -0.39 is 17.8 Å². The maximum absolute atomic E-state index is 12.0. The minimum absolute atomic E-state index is 0.308. The van der Waals surface area contributed by atoms with Crippen LogP contribution in [0.4, 0.5) is 0 Å². The van der Waals surface area contributed by atoms with Gasteiger partial charge in [0.15, 0.2) is 0 Å². The Bertz CT molecular complexity index is 739. The largest absolute Gasteiger partial charge is 0.465 e. The summed E-state index contributed by atoms with van der Waals surface area (Å²) in [5, 5.41) is 0. The molecule has 2 N–H and O–H groups in total. The molecule has 2 amide bonds. The Morgan fingerprint density at radius 3 is 1.96 bits per heavy atom. The first-order valence-corrected chi connectivity index (χ1v) is 6.87. The summed E-state index contributed by atoms with van der Waals surface area (Å²) in [6.45, 7) is 1.87. The zero-order chi connectivity index (χ0) is 16.8. The fourth-order valence-corrected chi connectivity index (χ4v) is 1.92. The van der Waals surface area contributed by atoms with Gasteiger partial charge in [-0.1, -0.05) is 17.7 Å². The summed E-state index contributed by atoms with van der Waals surface area (Å²) < 4.78 is 4.58. The Balaban J connectivity index is 1.97. The van der Waals surface area contributed by atoms with Gasteiger partial charge in [0, 0.05) is 11.1 Å². The van der Waals surface area contributed by atoms with Gasteiger partial charge in [0.05, 0.1) is 12.7 Å². The van der Waals surface area contributed by atoms with Crippen molar-refractivity contribution in [3.8, 4) is 0 Å². The highest BCUT2D eigenvalue weighted by atomic mass is 16.5. The number of ether oxygens (including phenoxy) is 1. The number of hydrogen-bond acceptors (Lipinski definition) is 4. The number of aryl methyl sites for hydroxylation is 1. The number of nitrogens with one attached hydrogen (secondary N) is 2. The van der Waals surface area contributed by atoms with Gasteiger partial charge in [-0.3, -0.25) is 20.4 Å². The summed E-state index contributed by atoms with van der Waals surface area (Å²) in [7, 11) is 1.28. The average Bonchev–Trinajstić information content (AvgIpc) is 2.58. The van der Waals surface area contributed by atoms with Crippen molar-refractivity contribution in [3.63, 3.8) is 0 Å². The predicted octanol–water partition coefficient (Wildman–Crippen LogP) is 1.86. The van der Waals surface area contributed by atoms with Crippen LogP contribution in [0.15, 0.2) is 48.5 Å². The number of benzene rings is 2. The summed E-state index contributed by atoms with van der Waals surface area (Å²) in [6.07, 6.45) is 0. The summed E-state index contributed by atoms with van der Waals surface area (Å²) in [6, 6.07) is 12.9. The first-order chi connectivity index (χ1) is 11.0. The van der Waals surface area contributed by atoms with Crippen LogP contribution in [0.3, 0.4) is 0 Å². The third-order valence-corrected chi connectivity index (χ3v) is 3.14. The average molecular weight is 312 g/mol. The van der Waals surface area contributed by atoms with Crippen LogP contribution >= 0.6 is 0 Å². The zero-order valence-electron chi connectivity index (χ0n) is 12.8. The van der Waals surface area contributed by atoms with Crippen LogP contribution in [-0.4, -0.2) is 24.9 Å². The third-order valence-electron chi connectivity index (χ3n) is 3.14. The van der Waals surface area contributed by atoms with Gasteiger partial charge in [-0.05, 0) is 43.3 Å². The van der Waals surface area contributed by atoms with Gasteiger partial charge in [0.1, 0.15) is 0 Å². The lowest BCUT2D eigenvalue weighted by Gasteiger charge is -2.08. The first-order valence-electron chi connectivity index (χ1n) is 6.87. The lowest BCUT2D eigenvalue weighted by atomic mass is 10.1. The number of hydrazine groups is 1. The van der Waals surface area contributed by atoms with Gasteiger partial charge in [0.2, 0.25) is 0 Å². The minimum Gasteiger partial charge on any atom is -0.465 e. The second kappa shape index (κ2) is 7.22. The molecule has 6 heteroatoms. The van der Waals surface area contributed by atoms with Crippen molar-refractivity contribution in [2.45, 2.75) is 6.92 Å². The normalized spacial score (nSPS) is 9.83. The van der Waals surface area contributed by atoms with E-state index in [0.29, 0.717) is 16.7 Å². The maximum atomic E-state index is 12.0. The molecule has 0 aromatic heterocycles. The van der Waals surface area contributed by atoms with Gasteiger partial charge in [-0.2, -0.15) is 0 Å². The smallest absolute Gasteiger partial charge is 0.337 e. The summed E-state index contributed by atoms with van der Waals surface area (Å²) in [5.41, 5.74) is 6.71. The van der Waals surface area contributed by atoms with Crippen molar-refractivity contribution in [2.24, 2.45) is 0 Å². The highest BCUT2D eigenvalue weighted by molar-refractivity contribution is 5.99. The number of carbonyl (C=O) groups is 3. The Labute approximate surface area is 133 Å². The summed E-state index contributed by atoms with van der Waals surface area (Å²) in [4.78, 5) is 35.2. The molecule has 0 heterocycles. The van der Waals surface area contributed by atoms with Crippen LogP contribution in [0.25, 0.3) is 0 Å². The lowest BCUT2D eigenvalue weighted by Crippen LogP contribution is -2.41. The van der Waals surface area contributed by atoms with Crippen molar-refractivity contribution in [1.29, 1.82) is 0 Å². The molecule has 0 radical (unpaired) electrons. The highest BCUT2D eigenvalue weighted by Gasteiger charge is 2.11. The first kappa shape index (κ1) is 16.2. The summed E-state index contributed by atoms with van der Waals surface area (Å²) >= 11 is 0. The van der Waals surface area contributed by atoms with Crippen molar-refractivity contribution in [3.05, 3.63) is 70.8 Å². The number of esters is 1. The molecule has 0 saturated heterocycles. The Kier molecular flexibility index (Phi) is 5.09. The lowest BCUT2D eigenvalue weighted by molar-refractivity contribution is 0.0600.